The molecule has 1 aliphatic heterocycles. The second-order valence-corrected chi connectivity index (χ2v) is 9.62. The number of nitrogens with one attached hydrogen (secondary N) is 2. The summed E-state index contributed by atoms with van der Waals surface area (Å²) >= 11 is 6.10. The highest BCUT2D eigenvalue weighted by molar-refractivity contribution is 6.38. The van der Waals surface area contributed by atoms with Crippen molar-refractivity contribution in [3.05, 3.63) is 86.9 Å². The van der Waals surface area contributed by atoms with Crippen LogP contribution in [0.25, 0.3) is 11.3 Å². The van der Waals surface area contributed by atoms with Gasteiger partial charge in [0.05, 0.1) is 27.4 Å². The lowest BCUT2D eigenvalue weighted by molar-refractivity contribution is -0.383. The Morgan fingerprint density at radius 3 is 2.41 bits per heavy atom. The molecule has 0 atom stereocenters. The molecule has 3 aromatic carbocycles. The Hall–Kier alpha value is -4.41. The standard InChI is InChI=1S/C26H25ClN6O4/c1-26(2,29)25(35)32(3)17-8-6-16(7-9-17)30-23(14-4-11-19(28)21(12-14)33(36)37)22-18-10-5-15(27)13-20(18)31-24(22)34/h4-13,30H,28-29H2,1-3H3,(H,31,34)/b23-22-. The van der Waals surface area contributed by atoms with E-state index in [-0.39, 0.29) is 22.9 Å². The van der Waals surface area contributed by atoms with Crippen molar-refractivity contribution in [1.29, 1.82) is 0 Å². The zero-order valence-electron chi connectivity index (χ0n) is 20.3. The van der Waals surface area contributed by atoms with Crippen LogP contribution in [0.4, 0.5) is 28.4 Å². The predicted octanol–water partition coefficient (Wildman–Crippen LogP) is 4.46. The maximum atomic E-state index is 13.1. The zero-order valence-corrected chi connectivity index (χ0v) is 21.1. The van der Waals surface area contributed by atoms with Crippen LogP contribution < -0.4 is 27.0 Å². The van der Waals surface area contributed by atoms with Crippen LogP contribution in [-0.2, 0) is 9.59 Å². The number of nitro groups is 1. The van der Waals surface area contributed by atoms with Gasteiger partial charge in [-0.1, -0.05) is 23.7 Å². The summed E-state index contributed by atoms with van der Waals surface area (Å²) in [6.07, 6.45) is 0. The van der Waals surface area contributed by atoms with E-state index in [2.05, 4.69) is 10.6 Å². The van der Waals surface area contributed by atoms with Crippen LogP contribution in [0.5, 0.6) is 0 Å². The minimum absolute atomic E-state index is 0.000964. The van der Waals surface area contributed by atoms with Crippen LogP contribution in [0, 0.1) is 10.1 Å². The van der Waals surface area contributed by atoms with E-state index in [9.17, 15) is 19.7 Å². The summed E-state index contributed by atoms with van der Waals surface area (Å²) in [5, 5.41) is 18.0. The number of halogens is 1. The van der Waals surface area contributed by atoms with Crippen LogP contribution in [0.2, 0.25) is 5.02 Å². The second-order valence-electron chi connectivity index (χ2n) is 9.18. The molecule has 1 heterocycles. The molecule has 0 radical (unpaired) electrons. The Bertz CT molecular complexity index is 1460. The van der Waals surface area contributed by atoms with Crippen LogP contribution >= 0.6 is 11.6 Å². The molecule has 0 unspecified atom stereocenters. The number of amides is 2. The van der Waals surface area contributed by atoms with Gasteiger partial charge >= 0.3 is 0 Å². The van der Waals surface area contributed by atoms with Gasteiger partial charge < -0.3 is 27.0 Å². The number of benzene rings is 3. The molecular formula is C26H25ClN6O4. The number of hydrogen-bond donors (Lipinski definition) is 4. The number of nitrogens with zero attached hydrogens (tertiary/aromatic N) is 2. The number of nitrogen functional groups attached to an aromatic ring is 1. The van der Waals surface area contributed by atoms with Crippen molar-refractivity contribution in [2.75, 3.05) is 28.3 Å². The van der Waals surface area contributed by atoms with E-state index in [0.29, 0.717) is 38.9 Å². The maximum absolute atomic E-state index is 13.1. The van der Waals surface area contributed by atoms with Crippen LogP contribution in [0.1, 0.15) is 25.0 Å². The first-order valence-corrected chi connectivity index (χ1v) is 11.6. The molecule has 0 spiro atoms. The van der Waals surface area contributed by atoms with E-state index < -0.39 is 16.4 Å². The van der Waals surface area contributed by atoms with Crippen molar-refractivity contribution >= 4 is 63.1 Å². The minimum atomic E-state index is -1.04. The Morgan fingerprint density at radius 2 is 1.78 bits per heavy atom. The highest BCUT2D eigenvalue weighted by Gasteiger charge is 2.30. The van der Waals surface area contributed by atoms with Crippen LogP contribution in [0.15, 0.2) is 60.7 Å². The molecule has 0 saturated heterocycles. The molecule has 11 heteroatoms. The fraction of sp³-hybridized carbons (Fsp3) is 0.154. The quantitative estimate of drug-likeness (QED) is 0.162. The SMILES string of the molecule is CN(C(=O)C(C)(C)N)c1ccc(N/C(=C2\C(=O)Nc3cc(Cl)ccc32)c2ccc(N)c([N+](=O)[O-])c2)cc1. The number of anilines is 4. The average Bonchev–Trinajstić information content (AvgIpc) is 3.16. The predicted molar refractivity (Wildman–Crippen MR) is 146 cm³/mol. The summed E-state index contributed by atoms with van der Waals surface area (Å²) in [5.74, 6) is -0.658. The number of hydrogen-bond acceptors (Lipinski definition) is 7. The number of rotatable bonds is 6. The number of carbonyl (C=O) groups excluding carboxylic acids is 2. The summed E-state index contributed by atoms with van der Waals surface area (Å²) in [4.78, 5) is 38.0. The number of nitro benzene ring substituents is 1. The average molecular weight is 521 g/mol. The van der Waals surface area contributed by atoms with Crippen molar-refractivity contribution in [1.82, 2.24) is 0 Å². The third-order valence-corrected chi connectivity index (χ3v) is 6.11. The van der Waals surface area contributed by atoms with Gasteiger partial charge in [0.1, 0.15) is 5.69 Å². The molecule has 4 rings (SSSR count). The molecule has 190 valence electrons. The molecule has 0 bridgehead atoms. The molecule has 0 saturated carbocycles. The van der Waals surface area contributed by atoms with Crippen LogP contribution in [0.3, 0.4) is 0 Å². The summed E-state index contributed by atoms with van der Waals surface area (Å²) in [6.45, 7) is 3.26. The first-order valence-electron chi connectivity index (χ1n) is 11.2. The summed E-state index contributed by atoms with van der Waals surface area (Å²) in [7, 11) is 1.63. The number of fused-ring (bicyclic) bond motifs is 1. The normalized spacial score (nSPS) is 14.0. The van der Waals surface area contributed by atoms with Crippen molar-refractivity contribution in [3.8, 4) is 0 Å². The highest BCUT2D eigenvalue weighted by atomic mass is 35.5. The smallest absolute Gasteiger partial charge is 0.292 e. The van der Waals surface area contributed by atoms with E-state index in [4.69, 9.17) is 23.1 Å². The van der Waals surface area contributed by atoms with Gasteiger partial charge in [-0.15, -0.1) is 0 Å². The van der Waals surface area contributed by atoms with E-state index in [1.807, 2.05) is 0 Å². The molecule has 0 fully saturated rings. The Labute approximate surface area is 218 Å². The molecular weight excluding hydrogens is 496 g/mol. The number of nitrogens with two attached hydrogens (primary N) is 2. The Morgan fingerprint density at radius 1 is 1.11 bits per heavy atom. The number of carbonyl (C=O) groups is 2. The van der Waals surface area contributed by atoms with Crippen molar-refractivity contribution in [2.24, 2.45) is 5.73 Å². The van der Waals surface area contributed by atoms with Crippen molar-refractivity contribution in [2.45, 2.75) is 19.4 Å². The second kappa shape index (κ2) is 9.57. The fourth-order valence-corrected chi connectivity index (χ4v) is 4.16. The van der Waals surface area contributed by atoms with Gasteiger partial charge in [-0.2, -0.15) is 0 Å². The summed E-state index contributed by atoms with van der Waals surface area (Å²) in [5.41, 5.74) is 13.7. The lowest BCUT2D eigenvalue weighted by atomic mass is 9.99. The van der Waals surface area contributed by atoms with E-state index in [0.717, 1.165) is 0 Å². The van der Waals surface area contributed by atoms with Gasteiger partial charge in [-0.05, 0) is 56.3 Å². The lowest BCUT2D eigenvalue weighted by Crippen LogP contribution is -2.49. The van der Waals surface area contributed by atoms with Crippen molar-refractivity contribution < 1.29 is 14.5 Å². The largest absolute Gasteiger partial charge is 0.393 e. The fourth-order valence-electron chi connectivity index (χ4n) is 3.99. The highest BCUT2D eigenvalue weighted by Crippen LogP contribution is 2.40. The molecule has 0 aromatic heterocycles. The Kier molecular flexibility index (Phi) is 6.64. The van der Waals surface area contributed by atoms with Crippen LogP contribution in [-0.4, -0.2) is 29.3 Å². The van der Waals surface area contributed by atoms with Gasteiger partial charge in [0, 0.05) is 40.6 Å². The third kappa shape index (κ3) is 5.11. The molecule has 1 aliphatic rings. The van der Waals surface area contributed by atoms with Gasteiger partial charge in [0.2, 0.25) is 5.91 Å². The minimum Gasteiger partial charge on any atom is -0.393 e. The monoisotopic (exact) mass is 520 g/mol. The topological polar surface area (TPSA) is 157 Å². The van der Waals surface area contributed by atoms with Crippen molar-refractivity contribution in [3.63, 3.8) is 0 Å². The van der Waals surface area contributed by atoms with E-state index in [1.165, 1.54) is 17.0 Å². The molecule has 0 aliphatic carbocycles. The molecule has 10 nitrogen and oxygen atoms in total. The van der Waals surface area contributed by atoms with E-state index >= 15 is 0 Å². The molecule has 3 aromatic rings. The maximum Gasteiger partial charge on any atom is 0.292 e. The lowest BCUT2D eigenvalue weighted by Gasteiger charge is -2.26. The van der Waals surface area contributed by atoms with Gasteiger partial charge in [-0.3, -0.25) is 19.7 Å². The molecule has 37 heavy (non-hydrogen) atoms. The zero-order chi connectivity index (χ0) is 27.1. The van der Waals surface area contributed by atoms with Gasteiger partial charge in [0.15, 0.2) is 0 Å². The summed E-state index contributed by atoms with van der Waals surface area (Å²) < 4.78 is 0. The first kappa shape index (κ1) is 25.7. The summed E-state index contributed by atoms with van der Waals surface area (Å²) in [6, 6.07) is 16.2. The van der Waals surface area contributed by atoms with Gasteiger partial charge in [-0.25, -0.2) is 0 Å². The van der Waals surface area contributed by atoms with E-state index in [1.54, 1.807) is 69.4 Å². The third-order valence-electron chi connectivity index (χ3n) is 5.87. The first-order chi connectivity index (χ1) is 17.4. The number of likely N-dealkylation sites (N-methyl/N-ethyl adjacent to an activating group) is 1. The Balaban J connectivity index is 1.81. The molecule has 2 amide bonds. The molecule has 6 N–H and O–H groups in total. The van der Waals surface area contributed by atoms with Gasteiger partial charge in [0.25, 0.3) is 11.6 Å².